The summed E-state index contributed by atoms with van der Waals surface area (Å²) < 4.78 is 15.8. The first-order valence-electron chi connectivity index (χ1n) is 8.55. The lowest BCUT2D eigenvalue weighted by molar-refractivity contribution is 0.0754. The number of nitrogens with zero attached hydrogens (tertiary/aromatic N) is 4. The molecule has 0 spiro atoms. The van der Waals surface area contributed by atoms with Gasteiger partial charge in [-0.05, 0) is 44.0 Å². The molecule has 7 nitrogen and oxygen atoms in total. The fraction of sp³-hybridized carbons (Fsp3) is 0.389. The van der Waals surface area contributed by atoms with Crippen molar-refractivity contribution in [2.24, 2.45) is 5.92 Å². The molecule has 1 aliphatic heterocycles. The molecule has 0 radical (unpaired) electrons. The van der Waals surface area contributed by atoms with E-state index in [0.717, 1.165) is 17.0 Å². The van der Waals surface area contributed by atoms with Gasteiger partial charge in [-0.3, -0.25) is 14.3 Å². The highest BCUT2D eigenvalue weighted by atomic mass is 19.1. The number of aryl methyl sites for hydroxylation is 2. The average molecular weight is 357 g/mol. The van der Waals surface area contributed by atoms with Crippen molar-refractivity contribution in [3.8, 4) is 0 Å². The quantitative estimate of drug-likeness (QED) is 0.744. The number of hydrogen-bond donors (Lipinski definition) is 2. The third-order valence-electron chi connectivity index (χ3n) is 4.85. The van der Waals surface area contributed by atoms with Gasteiger partial charge in [0.25, 0.3) is 5.91 Å². The summed E-state index contributed by atoms with van der Waals surface area (Å²) in [6.45, 7) is 4.30. The van der Waals surface area contributed by atoms with Gasteiger partial charge in [-0.25, -0.2) is 4.98 Å². The van der Waals surface area contributed by atoms with Crippen molar-refractivity contribution in [3.63, 3.8) is 0 Å². The molecule has 3 aromatic rings. The van der Waals surface area contributed by atoms with Gasteiger partial charge in [-0.2, -0.15) is 9.49 Å². The van der Waals surface area contributed by atoms with Crippen LogP contribution >= 0.6 is 0 Å². The van der Waals surface area contributed by atoms with Crippen molar-refractivity contribution in [1.82, 2.24) is 24.5 Å². The molecule has 3 aromatic heterocycles. The number of rotatable bonds is 3. The van der Waals surface area contributed by atoms with E-state index in [2.05, 4.69) is 15.2 Å². The molecular weight excluding hydrogens is 337 g/mol. The molecular formula is C18H20FN5O2. The van der Waals surface area contributed by atoms with Crippen LogP contribution in [0.5, 0.6) is 0 Å². The second-order valence-corrected chi connectivity index (χ2v) is 6.97. The van der Waals surface area contributed by atoms with Gasteiger partial charge in [0.1, 0.15) is 5.65 Å². The normalized spacial score (nSPS) is 20.2. The SMILES string of the molecule is Cc1ccn2c(F)c(C(=O)N3C[C@@H](Cc4cc(C)[nH]n4)[C@H](O)C3)nc2c1. The molecule has 0 aliphatic carbocycles. The molecule has 4 heterocycles. The molecule has 4 rings (SSSR count). The topological polar surface area (TPSA) is 86.5 Å². The Balaban J connectivity index is 1.54. The van der Waals surface area contributed by atoms with Crippen molar-refractivity contribution in [2.45, 2.75) is 26.4 Å². The van der Waals surface area contributed by atoms with Gasteiger partial charge in [-0.15, -0.1) is 0 Å². The summed E-state index contributed by atoms with van der Waals surface area (Å²) in [5.41, 5.74) is 2.92. The highest BCUT2D eigenvalue weighted by Gasteiger charge is 2.36. The number of hydrogen-bond acceptors (Lipinski definition) is 4. The second kappa shape index (κ2) is 6.21. The van der Waals surface area contributed by atoms with Gasteiger partial charge in [0.05, 0.1) is 11.8 Å². The number of nitrogens with one attached hydrogen (secondary N) is 1. The van der Waals surface area contributed by atoms with E-state index in [-0.39, 0.29) is 18.2 Å². The number of imidazole rings is 1. The molecule has 1 aliphatic rings. The summed E-state index contributed by atoms with van der Waals surface area (Å²) in [5.74, 6) is -1.31. The molecule has 0 saturated carbocycles. The number of H-pyrrole nitrogens is 1. The van der Waals surface area contributed by atoms with E-state index in [0.29, 0.717) is 18.6 Å². The molecule has 0 bridgehead atoms. The van der Waals surface area contributed by atoms with Gasteiger partial charge in [-0.1, -0.05) is 0 Å². The largest absolute Gasteiger partial charge is 0.391 e. The molecule has 1 fully saturated rings. The van der Waals surface area contributed by atoms with Crippen LogP contribution in [0.1, 0.15) is 27.4 Å². The molecule has 26 heavy (non-hydrogen) atoms. The molecule has 0 aromatic carbocycles. The minimum Gasteiger partial charge on any atom is -0.391 e. The summed E-state index contributed by atoms with van der Waals surface area (Å²) >= 11 is 0. The summed E-state index contributed by atoms with van der Waals surface area (Å²) in [7, 11) is 0. The van der Waals surface area contributed by atoms with Crippen molar-refractivity contribution in [1.29, 1.82) is 0 Å². The van der Waals surface area contributed by atoms with Gasteiger partial charge in [0, 0.05) is 30.9 Å². The van der Waals surface area contributed by atoms with Crippen LogP contribution in [0.3, 0.4) is 0 Å². The zero-order valence-electron chi connectivity index (χ0n) is 14.6. The monoisotopic (exact) mass is 357 g/mol. The maximum absolute atomic E-state index is 14.6. The van der Waals surface area contributed by atoms with Crippen molar-refractivity contribution >= 4 is 11.6 Å². The van der Waals surface area contributed by atoms with Crippen LogP contribution in [0.4, 0.5) is 4.39 Å². The van der Waals surface area contributed by atoms with Crippen LogP contribution in [-0.4, -0.2) is 54.7 Å². The van der Waals surface area contributed by atoms with Gasteiger partial charge < -0.3 is 10.0 Å². The molecule has 1 amide bonds. The van der Waals surface area contributed by atoms with E-state index < -0.39 is 18.0 Å². The molecule has 8 heteroatoms. The molecule has 1 saturated heterocycles. The van der Waals surface area contributed by atoms with Crippen LogP contribution < -0.4 is 0 Å². The lowest BCUT2D eigenvalue weighted by Crippen LogP contribution is -2.30. The maximum Gasteiger partial charge on any atom is 0.277 e. The first-order chi connectivity index (χ1) is 12.4. The number of fused-ring (bicyclic) bond motifs is 1. The van der Waals surface area contributed by atoms with Gasteiger partial charge in [0.2, 0.25) is 5.95 Å². The van der Waals surface area contributed by atoms with Gasteiger partial charge in [0.15, 0.2) is 5.69 Å². The Kier molecular flexibility index (Phi) is 3.99. The smallest absolute Gasteiger partial charge is 0.277 e. The Hall–Kier alpha value is -2.74. The lowest BCUT2D eigenvalue weighted by Gasteiger charge is -2.14. The van der Waals surface area contributed by atoms with Crippen LogP contribution in [0.15, 0.2) is 24.4 Å². The summed E-state index contributed by atoms with van der Waals surface area (Å²) in [4.78, 5) is 18.4. The van der Waals surface area contributed by atoms with Gasteiger partial charge >= 0.3 is 0 Å². The van der Waals surface area contributed by atoms with E-state index in [9.17, 15) is 14.3 Å². The number of halogens is 1. The molecule has 0 unspecified atom stereocenters. The van der Waals surface area contributed by atoms with E-state index >= 15 is 0 Å². The zero-order chi connectivity index (χ0) is 18.4. The van der Waals surface area contributed by atoms with Crippen LogP contribution in [-0.2, 0) is 6.42 Å². The van der Waals surface area contributed by atoms with Crippen LogP contribution in [0, 0.1) is 25.7 Å². The highest BCUT2D eigenvalue weighted by Crippen LogP contribution is 2.24. The number of β-amino-alcohol motifs (C(OH)–C–C–N with tert-alkyl or cyclic N) is 1. The Morgan fingerprint density at radius 1 is 1.38 bits per heavy atom. The zero-order valence-corrected chi connectivity index (χ0v) is 14.6. The summed E-state index contributed by atoms with van der Waals surface area (Å²) in [6, 6.07) is 5.40. The Labute approximate surface area is 149 Å². The van der Waals surface area contributed by atoms with Crippen molar-refractivity contribution in [3.05, 3.63) is 53.0 Å². The second-order valence-electron chi connectivity index (χ2n) is 6.97. The number of aromatic amines is 1. The van der Waals surface area contributed by atoms with Crippen molar-refractivity contribution in [2.75, 3.05) is 13.1 Å². The average Bonchev–Trinajstić information content (AvgIpc) is 3.26. The number of amides is 1. The fourth-order valence-corrected chi connectivity index (χ4v) is 3.47. The van der Waals surface area contributed by atoms with E-state index in [1.807, 2.05) is 19.9 Å². The Bertz CT molecular complexity index is 979. The first kappa shape index (κ1) is 16.7. The standard InChI is InChI=1S/C18H20FN5O2/c1-10-3-4-24-15(5-10)20-16(17(24)19)18(26)23-8-12(14(25)9-23)7-13-6-11(2)21-22-13/h3-6,12,14,25H,7-9H2,1-2H3,(H,21,22)/t12-,14-/m1/s1. The summed E-state index contributed by atoms with van der Waals surface area (Å²) in [6.07, 6.45) is 1.45. The minimum atomic E-state index is -0.675. The number of aromatic nitrogens is 4. The Morgan fingerprint density at radius 2 is 2.19 bits per heavy atom. The third kappa shape index (κ3) is 2.86. The predicted molar refractivity (Wildman–Crippen MR) is 92.3 cm³/mol. The minimum absolute atomic E-state index is 0.135. The summed E-state index contributed by atoms with van der Waals surface area (Å²) in [5, 5.41) is 17.4. The van der Waals surface area contributed by atoms with E-state index in [1.165, 1.54) is 9.30 Å². The number of carbonyl (C=O) groups excluding carboxylic acids is 1. The number of aliphatic hydroxyl groups excluding tert-OH is 1. The molecule has 2 N–H and O–H groups in total. The first-order valence-corrected chi connectivity index (χ1v) is 8.55. The lowest BCUT2D eigenvalue weighted by atomic mass is 10.0. The van der Waals surface area contributed by atoms with Crippen LogP contribution in [0.25, 0.3) is 5.65 Å². The molecule has 136 valence electrons. The molecule has 2 atom stereocenters. The highest BCUT2D eigenvalue weighted by molar-refractivity contribution is 5.93. The number of pyridine rings is 1. The van der Waals surface area contributed by atoms with Crippen LogP contribution in [0.2, 0.25) is 0 Å². The number of carbonyl (C=O) groups is 1. The number of aliphatic hydroxyl groups is 1. The third-order valence-corrected chi connectivity index (χ3v) is 4.85. The predicted octanol–water partition coefficient (Wildman–Crippen LogP) is 1.49. The maximum atomic E-state index is 14.6. The van der Waals surface area contributed by atoms with E-state index in [4.69, 9.17) is 0 Å². The van der Waals surface area contributed by atoms with Crippen molar-refractivity contribution < 1.29 is 14.3 Å². The fourth-order valence-electron chi connectivity index (χ4n) is 3.47. The van der Waals surface area contributed by atoms with E-state index in [1.54, 1.807) is 18.3 Å². The number of likely N-dealkylation sites (tertiary alicyclic amines) is 1. The Morgan fingerprint density at radius 3 is 2.92 bits per heavy atom.